The molecular weight excluding hydrogens is 256 g/mol. The third kappa shape index (κ3) is 3.36. The van der Waals surface area contributed by atoms with E-state index in [1.807, 2.05) is 18.2 Å². The summed E-state index contributed by atoms with van der Waals surface area (Å²) in [5.41, 5.74) is -0.00920. The van der Waals surface area contributed by atoms with Crippen LogP contribution in [0.15, 0.2) is 18.2 Å². The standard InChI is InChI=1S/C11H14N2O4S/c1-12(5-6-18-2)8-3-4-10(13(16)17)9(7-8)11(14)15/h3-4,7H,5-6H2,1-2H3,(H,14,15). The molecule has 7 heteroatoms. The maximum atomic E-state index is 11.0. The number of nitrogens with zero attached hydrogens (tertiary/aromatic N) is 2. The zero-order valence-corrected chi connectivity index (χ0v) is 10.9. The molecule has 0 aliphatic carbocycles. The molecule has 1 rings (SSSR count). The van der Waals surface area contributed by atoms with Gasteiger partial charge in [0, 0.05) is 31.1 Å². The van der Waals surface area contributed by atoms with E-state index in [9.17, 15) is 14.9 Å². The van der Waals surface area contributed by atoms with E-state index in [0.29, 0.717) is 5.69 Å². The molecule has 98 valence electrons. The van der Waals surface area contributed by atoms with Gasteiger partial charge in [-0.1, -0.05) is 0 Å². The van der Waals surface area contributed by atoms with E-state index in [2.05, 4.69) is 0 Å². The highest BCUT2D eigenvalue weighted by atomic mass is 32.2. The van der Waals surface area contributed by atoms with Crippen LogP contribution in [-0.4, -0.2) is 41.6 Å². The summed E-state index contributed by atoms with van der Waals surface area (Å²) in [7, 11) is 1.82. The first-order chi connectivity index (χ1) is 8.47. The number of hydrogen-bond acceptors (Lipinski definition) is 5. The molecule has 0 aliphatic heterocycles. The van der Waals surface area contributed by atoms with Gasteiger partial charge in [-0.15, -0.1) is 0 Å². The van der Waals surface area contributed by atoms with Gasteiger partial charge >= 0.3 is 5.97 Å². The van der Waals surface area contributed by atoms with Crippen LogP contribution in [-0.2, 0) is 0 Å². The minimum absolute atomic E-state index is 0.284. The molecule has 0 heterocycles. The summed E-state index contributed by atoms with van der Waals surface area (Å²) >= 11 is 1.68. The van der Waals surface area contributed by atoms with Crippen LogP contribution >= 0.6 is 11.8 Å². The number of benzene rings is 1. The molecule has 0 saturated carbocycles. The number of carboxylic acid groups (broad SMARTS) is 1. The third-order valence-corrected chi connectivity index (χ3v) is 3.07. The molecule has 1 N–H and O–H groups in total. The van der Waals surface area contributed by atoms with Crippen LogP contribution in [0, 0.1) is 10.1 Å². The van der Waals surface area contributed by atoms with Gasteiger partial charge in [0.25, 0.3) is 5.69 Å². The van der Waals surface area contributed by atoms with Gasteiger partial charge < -0.3 is 10.0 Å². The Morgan fingerprint density at radius 2 is 2.22 bits per heavy atom. The molecule has 0 unspecified atom stereocenters. The SMILES string of the molecule is CSCCN(C)c1ccc([N+](=O)[O-])c(C(=O)O)c1. The van der Waals surface area contributed by atoms with Crippen LogP contribution < -0.4 is 4.90 Å². The quantitative estimate of drug-likeness (QED) is 0.629. The lowest BCUT2D eigenvalue weighted by Gasteiger charge is -2.18. The zero-order valence-electron chi connectivity index (χ0n) is 10.1. The van der Waals surface area contributed by atoms with Crippen molar-refractivity contribution in [3.63, 3.8) is 0 Å². The highest BCUT2D eigenvalue weighted by Gasteiger charge is 2.20. The molecule has 0 fully saturated rings. The lowest BCUT2D eigenvalue weighted by molar-refractivity contribution is -0.385. The Morgan fingerprint density at radius 1 is 1.56 bits per heavy atom. The molecule has 1 aromatic rings. The molecule has 6 nitrogen and oxygen atoms in total. The molecule has 0 spiro atoms. The summed E-state index contributed by atoms with van der Waals surface area (Å²) in [4.78, 5) is 22.9. The second-order valence-electron chi connectivity index (χ2n) is 3.68. The van der Waals surface area contributed by atoms with E-state index in [4.69, 9.17) is 5.11 Å². The van der Waals surface area contributed by atoms with Gasteiger partial charge in [0.2, 0.25) is 0 Å². The van der Waals surface area contributed by atoms with Gasteiger partial charge in [0.1, 0.15) is 5.56 Å². The topological polar surface area (TPSA) is 83.7 Å². The Balaban J connectivity index is 3.07. The lowest BCUT2D eigenvalue weighted by atomic mass is 10.1. The van der Waals surface area contributed by atoms with Gasteiger partial charge in [-0.3, -0.25) is 10.1 Å². The first kappa shape index (κ1) is 14.3. The number of nitro groups is 1. The fourth-order valence-corrected chi connectivity index (χ4v) is 1.91. The van der Waals surface area contributed by atoms with E-state index in [0.717, 1.165) is 12.3 Å². The summed E-state index contributed by atoms with van der Waals surface area (Å²) in [5, 5.41) is 19.7. The van der Waals surface area contributed by atoms with E-state index < -0.39 is 10.9 Å². The number of hydrogen-bond donors (Lipinski definition) is 1. The Bertz CT molecular complexity index is 464. The second-order valence-corrected chi connectivity index (χ2v) is 4.66. The average Bonchev–Trinajstić information content (AvgIpc) is 2.34. The fraction of sp³-hybridized carbons (Fsp3) is 0.364. The smallest absolute Gasteiger partial charge is 0.342 e. The minimum atomic E-state index is -1.29. The van der Waals surface area contributed by atoms with Gasteiger partial charge in [0.05, 0.1) is 4.92 Å². The van der Waals surface area contributed by atoms with Crippen molar-refractivity contribution in [3.8, 4) is 0 Å². The lowest BCUT2D eigenvalue weighted by Crippen LogP contribution is -2.20. The van der Waals surface area contributed by atoms with Crippen molar-refractivity contribution in [3.05, 3.63) is 33.9 Å². The predicted molar refractivity (Wildman–Crippen MR) is 71.7 cm³/mol. The van der Waals surface area contributed by atoms with Gasteiger partial charge in [-0.05, 0) is 18.4 Å². The monoisotopic (exact) mass is 270 g/mol. The highest BCUT2D eigenvalue weighted by Crippen LogP contribution is 2.24. The van der Waals surface area contributed by atoms with Crippen LogP contribution in [0.4, 0.5) is 11.4 Å². The van der Waals surface area contributed by atoms with Crippen LogP contribution in [0.3, 0.4) is 0 Å². The number of carbonyl (C=O) groups is 1. The Kier molecular flexibility index (Phi) is 4.96. The van der Waals surface area contributed by atoms with E-state index in [1.165, 1.54) is 12.1 Å². The van der Waals surface area contributed by atoms with E-state index >= 15 is 0 Å². The Morgan fingerprint density at radius 3 is 2.72 bits per heavy atom. The Labute approximate surface area is 109 Å². The van der Waals surface area contributed by atoms with Crippen molar-refractivity contribution in [2.75, 3.05) is 30.5 Å². The number of aromatic carboxylic acids is 1. The summed E-state index contributed by atoms with van der Waals surface area (Å²) in [5.74, 6) is -0.391. The average molecular weight is 270 g/mol. The number of rotatable bonds is 6. The molecule has 0 bridgehead atoms. The van der Waals surface area contributed by atoms with Gasteiger partial charge in [0.15, 0.2) is 0 Å². The summed E-state index contributed by atoms with van der Waals surface area (Å²) in [6.07, 6.45) is 1.98. The van der Waals surface area contributed by atoms with Crippen molar-refractivity contribution >= 4 is 29.1 Å². The number of carboxylic acids is 1. The largest absolute Gasteiger partial charge is 0.477 e. The Hall–Kier alpha value is -1.76. The third-order valence-electron chi connectivity index (χ3n) is 2.48. The summed E-state index contributed by atoms with van der Waals surface area (Å²) in [6, 6.07) is 4.13. The maximum Gasteiger partial charge on any atom is 0.342 e. The van der Waals surface area contributed by atoms with Crippen LogP contribution in [0.1, 0.15) is 10.4 Å². The van der Waals surface area contributed by atoms with Crippen molar-refractivity contribution in [1.29, 1.82) is 0 Å². The molecule has 0 saturated heterocycles. The molecule has 1 aromatic carbocycles. The second kappa shape index (κ2) is 6.25. The first-order valence-corrected chi connectivity index (χ1v) is 6.58. The van der Waals surface area contributed by atoms with E-state index in [1.54, 1.807) is 17.8 Å². The molecule has 0 radical (unpaired) electrons. The molecule has 0 aromatic heterocycles. The zero-order chi connectivity index (χ0) is 13.7. The number of thioether (sulfide) groups is 1. The van der Waals surface area contributed by atoms with Gasteiger partial charge in [-0.25, -0.2) is 4.79 Å². The van der Waals surface area contributed by atoms with Gasteiger partial charge in [-0.2, -0.15) is 11.8 Å². The highest BCUT2D eigenvalue weighted by molar-refractivity contribution is 7.98. The van der Waals surface area contributed by atoms with E-state index in [-0.39, 0.29) is 11.3 Å². The van der Waals surface area contributed by atoms with Crippen molar-refractivity contribution < 1.29 is 14.8 Å². The molecule has 18 heavy (non-hydrogen) atoms. The molecule has 0 amide bonds. The van der Waals surface area contributed by atoms with Crippen LogP contribution in [0.25, 0.3) is 0 Å². The fourth-order valence-electron chi connectivity index (χ4n) is 1.45. The normalized spacial score (nSPS) is 10.1. The van der Waals surface area contributed by atoms with Crippen molar-refractivity contribution in [2.24, 2.45) is 0 Å². The maximum absolute atomic E-state index is 11.0. The summed E-state index contributed by atoms with van der Waals surface area (Å²) in [6.45, 7) is 0.748. The molecule has 0 atom stereocenters. The van der Waals surface area contributed by atoms with Crippen molar-refractivity contribution in [2.45, 2.75) is 0 Å². The van der Waals surface area contributed by atoms with Crippen LogP contribution in [0.2, 0.25) is 0 Å². The minimum Gasteiger partial charge on any atom is -0.477 e. The predicted octanol–water partition coefficient (Wildman–Crippen LogP) is 2.09. The number of anilines is 1. The van der Waals surface area contributed by atoms with Crippen LogP contribution in [0.5, 0.6) is 0 Å². The molecular formula is C11H14N2O4S. The number of nitro benzene ring substituents is 1. The summed E-state index contributed by atoms with van der Waals surface area (Å²) < 4.78 is 0. The first-order valence-electron chi connectivity index (χ1n) is 5.19. The molecule has 0 aliphatic rings. The van der Waals surface area contributed by atoms with Crippen molar-refractivity contribution in [1.82, 2.24) is 0 Å².